The SMILES string of the molecule is CCCC1CC1Nc1cc(C(=O)OC)ccn1. The number of methoxy groups -OCH3 is 1. The number of ether oxygens (including phenoxy) is 1. The molecule has 17 heavy (non-hydrogen) atoms. The highest BCUT2D eigenvalue weighted by molar-refractivity contribution is 5.90. The van der Waals surface area contributed by atoms with Gasteiger partial charge in [-0.2, -0.15) is 0 Å². The number of esters is 1. The first-order valence-corrected chi connectivity index (χ1v) is 6.05. The fourth-order valence-electron chi connectivity index (χ4n) is 2.06. The van der Waals surface area contributed by atoms with Crippen LogP contribution in [0.4, 0.5) is 5.82 Å². The molecule has 1 heterocycles. The van der Waals surface area contributed by atoms with Gasteiger partial charge in [0.2, 0.25) is 0 Å². The minimum atomic E-state index is -0.323. The molecule has 92 valence electrons. The zero-order valence-corrected chi connectivity index (χ0v) is 10.3. The molecule has 2 rings (SSSR count). The summed E-state index contributed by atoms with van der Waals surface area (Å²) in [5.74, 6) is 1.21. The Morgan fingerprint density at radius 2 is 2.47 bits per heavy atom. The number of pyridine rings is 1. The number of carbonyl (C=O) groups excluding carboxylic acids is 1. The summed E-state index contributed by atoms with van der Waals surface area (Å²) in [6.07, 6.45) is 5.32. The van der Waals surface area contributed by atoms with Gasteiger partial charge in [-0.1, -0.05) is 13.3 Å². The van der Waals surface area contributed by atoms with E-state index in [4.69, 9.17) is 0 Å². The Kier molecular flexibility index (Phi) is 3.61. The van der Waals surface area contributed by atoms with E-state index in [-0.39, 0.29) is 5.97 Å². The zero-order chi connectivity index (χ0) is 12.3. The standard InChI is InChI=1S/C13H18N2O2/c1-3-4-9-7-11(9)15-12-8-10(5-6-14-12)13(16)17-2/h5-6,8-9,11H,3-4,7H2,1-2H3,(H,14,15). The van der Waals surface area contributed by atoms with Crippen molar-refractivity contribution in [2.45, 2.75) is 32.2 Å². The summed E-state index contributed by atoms with van der Waals surface area (Å²) in [4.78, 5) is 15.6. The van der Waals surface area contributed by atoms with Gasteiger partial charge in [0, 0.05) is 12.2 Å². The van der Waals surface area contributed by atoms with Gasteiger partial charge in [-0.05, 0) is 30.9 Å². The minimum Gasteiger partial charge on any atom is -0.465 e. The van der Waals surface area contributed by atoms with Gasteiger partial charge in [0.25, 0.3) is 0 Å². The van der Waals surface area contributed by atoms with Crippen LogP contribution >= 0.6 is 0 Å². The molecule has 0 spiro atoms. The third-order valence-corrected chi connectivity index (χ3v) is 3.10. The number of rotatable bonds is 5. The van der Waals surface area contributed by atoms with E-state index >= 15 is 0 Å². The summed E-state index contributed by atoms with van der Waals surface area (Å²) < 4.78 is 4.68. The zero-order valence-electron chi connectivity index (χ0n) is 10.3. The van der Waals surface area contributed by atoms with Crippen LogP contribution in [-0.4, -0.2) is 24.1 Å². The summed E-state index contributed by atoms with van der Waals surface area (Å²) in [5.41, 5.74) is 0.540. The lowest BCUT2D eigenvalue weighted by molar-refractivity contribution is 0.0600. The Labute approximate surface area is 101 Å². The first-order chi connectivity index (χ1) is 8.24. The highest BCUT2D eigenvalue weighted by atomic mass is 16.5. The lowest BCUT2D eigenvalue weighted by Gasteiger charge is -2.06. The first-order valence-electron chi connectivity index (χ1n) is 6.05. The van der Waals surface area contributed by atoms with Crippen LogP contribution in [0.3, 0.4) is 0 Å². The quantitative estimate of drug-likeness (QED) is 0.795. The van der Waals surface area contributed by atoms with Crippen LogP contribution in [0.2, 0.25) is 0 Å². The predicted octanol–water partition coefficient (Wildman–Crippen LogP) is 2.47. The van der Waals surface area contributed by atoms with E-state index in [1.54, 1.807) is 18.3 Å². The van der Waals surface area contributed by atoms with E-state index in [1.165, 1.54) is 26.4 Å². The molecule has 0 saturated heterocycles. The van der Waals surface area contributed by atoms with E-state index in [1.807, 2.05) is 0 Å². The van der Waals surface area contributed by atoms with Crippen molar-refractivity contribution in [3.05, 3.63) is 23.9 Å². The monoisotopic (exact) mass is 234 g/mol. The van der Waals surface area contributed by atoms with E-state index in [9.17, 15) is 4.79 Å². The summed E-state index contributed by atoms with van der Waals surface area (Å²) in [6, 6.07) is 3.93. The second-order valence-corrected chi connectivity index (χ2v) is 4.46. The van der Waals surface area contributed by atoms with Gasteiger partial charge in [-0.15, -0.1) is 0 Å². The number of nitrogens with zero attached hydrogens (tertiary/aromatic N) is 1. The Hall–Kier alpha value is -1.58. The maximum absolute atomic E-state index is 11.4. The molecule has 2 atom stereocenters. The van der Waals surface area contributed by atoms with Crippen LogP contribution in [0, 0.1) is 5.92 Å². The molecule has 0 aliphatic heterocycles. The van der Waals surface area contributed by atoms with Crippen LogP contribution in [0.1, 0.15) is 36.5 Å². The van der Waals surface area contributed by atoms with Crippen LogP contribution in [0.25, 0.3) is 0 Å². The van der Waals surface area contributed by atoms with E-state index in [2.05, 4.69) is 22.0 Å². The number of anilines is 1. The van der Waals surface area contributed by atoms with Crippen molar-refractivity contribution in [3.63, 3.8) is 0 Å². The van der Waals surface area contributed by atoms with Gasteiger partial charge in [0.1, 0.15) is 5.82 Å². The van der Waals surface area contributed by atoms with Gasteiger partial charge >= 0.3 is 5.97 Å². The third kappa shape index (κ3) is 2.96. The van der Waals surface area contributed by atoms with Gasteiger partial charge in [0.05, 0.1) is 12.7 Å². The van der Waals surface area contributed by atoms with Crippen molar-refractivity contribution in [2.24, 2.45) is 5.92 Å². The maximum Gasteiger partial charge on any atom is 0.338 e. The lowest BCUT2D eigenvalue weighted by atomic mass is 10.2. The molecule has 4 nitrogen and oxygen atoms in total. The molecular formula is C13H18N2O2. The molecular weight excluding hydrogens is 216 g/mol. The topological polar surface area (TPSA) is 51.2 Å². The molecule has 1 saturated carbocycles. The van der Waals surface area contributed by atoms with E-state index in [0.717, 1.165) is 11.7 Å². The van der Waals surface area contributed by atoms with Crippen molar-refractivity contribution in [1.29, 1.82) is 0 Å². The molecule has 4 heteroatoms. The molecule has 1 aromatic heterocycles. The lowest BCUT2D eigenvalue weighted by Crippen LogP contribution is -2.08. The second kappa shape index (κ2) is 5.17. The van der Waals surface area contributed by atoms with Crippen molar-refractivity contribution >= 4 is 11.8 Å². The van der Waals surface area contributed by atoms with Crippen LogP contribution < -0.4 is 5.32 Å². The summed E-state index contributed by atoms with van der Waals surface area (Å²) in [7, 11) is 1.38. The molecule has 0 radical (unpaired) electrons. The van der Waals surface area contributed by atoms with Crippen molar-refractivity contribution in [2.75, 3.05) is 12.4 Å². The molecule has 0 amide bonds. The molecule has 1 aliphatic carbocycles. The van der Waals surface area contributed by atoms with Crippen molar-refractivity contribution < 1.29 is 9.53 Å². The van der Waals surface area contributed by atoms with E-state index in [0.29, 0.717) is 11.6 Å². The molecule has 1 aromatic rings. The normalized spacial score (nSPS) is 22.0. The number of aromatic nitrogens is 1. The highest BCUT2D eigenvalue weighted by Crippen LogP contribution is 2.36. The van der Waals surface area contributed by atoms with Gasteiger partial charge < -0.3 is 10.1 Å². The van der Waals surface area contributed by atoms with Crippen LogP contribution in [-0.2, 0) is 4.74 Å². The predicted molar refractivity (Wildman–Crippen MR) is 66.0 cm³/mol. The maximum atomic E-state index is 11.4. The molecule has 0 bridgehead atoms. The average Bonchev–Trinajstić information content (AvgIpc) is 3.07. The van der Waals surface area contributed by atoms with Crippen molar-refractivity contribution in [3.8, 4) is 0 Å². The Morgan fingerprint density at radius 3 is 3.18 bits per heavy atom. The fraction of sp³-hybridized carbons (Fsp3) is 0.538. The van der Waals surface area contributed by atoms with Gasteiger partial charge in [-0.3, -0.25) is 0 Å². The van der Waals surface area contributed by atoms with E-state index < -0.39 is 0 Å². The number of nitrogens with one attached hydrogen (secondary N) is 1. The molecule has 1 aliphatic rings. The number of hydrogen-bond acceptors (Lipinski definition) is 4. The number of carbonyl (C=O) groups is 1. The molecule has 1 fully saturated rings. The Bertz CT molecular complexity index is 406. The van der Waals surface area contributed by atoms with Crippen molar-refractivity contribution in [1.82, 2.24) is 4.98 Å². The fourth-order valence-corrected chi connectivity index (χ4v) is 2.06. The Morgan fingerprint density at radius 1 is 1.65 bits per heavy atom. The summed E-state index contributed by atoms with van der Waals surface area (Å²) >= 11 is 0. The summed E-state index contributed by atoms with van der Waals surface area (Å²) in [5, 5.41) is 3.35. The molecule has 1 N–H and O–H groups in total. The largest absolute Gasteiger partial charge is 0.465 e. The van der Waals surface area contributed by atoms with Crippen LogP contribution in [0.5, 0.6) is 0 Å². The summed E-state index contributed by atoms with van der Waals surface area (Å²) in [6.45, 7) is 2.20. The van der Waals surface area contributed by atoms with Gasteiger partial charge in [-0.25, -0.2) is 9.78 Å². The third-order valence-electron chi connectivity index (χ3n) is 3.10. The molecule has 0 aromatic carbocycles. The second-order valence-electron chi connectivity index (χ2n) is 4.46. The van der Waals surface area contributed by atoms with Gasteiger partial charge in [0.15, 0.2) is 0 Å². The highest BCUT2D eigenvalue weighted by Gasteiger charge is 2.36. The molecule has 2 unspecified atom stereocenters. The van der Waals surface area contributed by atoms with Crippen LogP contribution in [0.15, 0.2) is 18.3 Å². The average molecular weight is 234 g/mol. The Balaban J connectivity index is 1.96. The number of hydrogen-bond donors (Lipinski definition) is 1. The minimum absolute atomic E-state index is 0.323. The first kappa shape index (κ1) is 11.9. The smallest absolute Gasteiger partial charge is 0.338 e.